The number of halogens is 3. The summed E-state index contributed by atoms with van der Waals surface area (Å²) < 4.78 is 90.9. The van der Waals surface area contributed by atoms with Crippen LogP contribution in [0.25, 0.3) is 0 Å². The third-order valence-corrected chi connectivity index (χ3v) is 6.08. The molecule has 0 unspecified atom stereocenters. The van der Waals surface area contributed by atoms with E-state index >= 15 is 0 Å². The van der Waals surface area contributed by atoms with Crippen LogP contribution in [-0.4, -0.2) is 35.9 Å². The van der Waals surface area contributed by atoms with Crippen molar-refractivity contribution in [2.75, 3.05) is 12.9 Å². The molecule has 0 saturated heterocycles. The summed E-state index contributed by atoms with van der Waals surface area (Å²) in [6.45, 7) is -1.64. The van der Waals surface area contributed by atoms with Crippen LogP contribution in [0.4, 0.5) is 13.2 Å². The molecule has 154 valence electrons. The van der Waals surface area contributed by atoms with Gasteiger partial charge in [-0.3, -0.25) is 0 Å². The van der Waals surface area contributed by atoms with Crippen LogP contribution in [0.15, 0.2) is 58.3 Å². The molecule has 2 aromatic carbocycles. The van der Waals surface area contributed by atoms with E-state index in [4.69, 9.17) is 0 Å². The van der Waals surface area contributed by atoms with Crippen molar-refractivity contribution in [2.45, 2.75) is 29.1 Å². The van der Waals surface area contributed by atoms with E-state index in [1.165, 1.54) is 30.3 Å². The summed E-state index contributed by atoms with van der Waals surface area (Å²) in [6, 6.07) is 11.2. The summed E-state index contributed by atoms with van der Waals surface area (Å²) >= 11 is 0. The number of hydrogen-bond acceptors (Lipinski definition) is 5. The Morgan fingerprint density at radius 2 is 1.50 bits per heavy atom. The molecule has 0 aliphatic carbocycles. The van der Waals surface area contributed by atoms with Crippen molar-refractivity contribution in [3.63, 3.8) is 0 Å². The first-order valence-electron chi connectivity index (χ1n) is 7.89. The normalized spacial score (nSPS) is 12.9. The second kappa shape index (κ2) is 8.60. The number of alkyl halides is 3. The van der Waals surface area contributed by atoms with Crippen LogP contribution in [0.1, 0.15) is 11.1 Å². The highest BCUT2D eigenvalue weighted by atomic mass is 32.2. The zero-order chi connectivity index (χ0) is 21.0. The van der Waals surface area contributed by atoms with Gasteiger partial charge in [-0.2, -0.15) is 13.2 Å². The van der Waals surface area contributed by atoms with Gasteiger partial charge >= 0.3 is 6.18 Å². The molecule has 0 aliphatic heterocycles. The van der Waals surface area contributed by atoms with Gasteiger partial charge in [0.1, 0.15) is 6.61 Å². The van der Waals surface area contributed by atoms with E-state index in [1.807, 2.05) is 0 Å². The van der Waals surface area contributed by atoms with Gasteiger partial charge < -0.3 is 4.74 Å². The van der Waals surface area contributed by atoms with Gasteiger partial charge in [-0.25, -0.2) is 21.6 Å². The van der Waals surface area contributed by atoms with E-state index in [2.05, 4.69) is 9.46 Å². The lowest BCUT2D eigenvalue weighted by molar-refractivity contribution is -0.176. The van der Waals surface area contributed by atoms with Gasteiger partial charge in [-0.05, 0) is 29.3 Å². The zero-order valence-corrected chi connectivity index (χ0v) is 16.4. The second-order valence-corrected chi connectivity index (χ2v) is 9.78. The van der Waals surface area contributed by atoms with Crippen LogP contribution >= 0.6 is 0 Å². The highest BCUT2D eigenvalue weighted by Gasteiger charge is 2.27. The van der Waals surface area contributed by atoms with Gasteiger partial charge in [0.05, 0.1) is 16.4 Å². The predicted octanol–water partition coefficient (Wildman–Crippen LogP) is 2.65. The molecule has 0 fully saturated rings. The monoisotopic (exact) mass is 437 g/mol. The lowest BCUT2D eigenvalue weighted by Crippen LogP contribution is -2.23. The summed E-state index contributed by atoms with van der Waals surface area (Å²) in [5, 5.41) is 0. The number of ether oxygens (including phenoxy) is 1. The third-order valence-electron chi connectivity index (χ3n) is 3.57. The quantitative estimate of drug-likeness (QED) is 0.686. The summed E-state index contributed by atoms with van der Waals surface area (Å²) in [4.78, 5) is -0.300. The fourth-order valence-electron chi connectivity index (χ4n) is 2.17. The number of sulfonamides is 1. The molecule has 0 spiro atoms. The van der Waals surface area contributed by atoms with Crippen molar-refractivity contribution in [1.82, 2.24) is 4.72 Å². The molecule has 0 aromatic heterocycles. The standard InChI is InChI=1S/C17H18F3NO5S2/c1-27(22,23)15-3-2-4-16(9-15)28(24,25)21-10-13-5-7-14(8-6-13)11-26-12-17(18,19)20/h2-9,21H,10-12H2,1H3. The molecule has 0 radical (unpaired) electrons. The summed E-state index contributed by atoms with van der Waals surface area (Å²) in [5.74, 6) is 0. The first kappa shape index (κ1) is 22.3. The molecule has 0 atom stereocenters. The molecule has 0 heterocycles. The highest BCUT2D eigenvalue weighted by Crippen LogP contribution is 2.17. The molecular weight excluding hydrogens is 419 g/mol. The van der Waals surface area contributed by atoms with Crippen LogP contribution in [0, 0.1) is 0 Å². The Hall–Kier alpha value is -1.95. The molecule has 11 heteroatoms. The Morgan fingerprint density at radius 1 is 0.929 bits per heavy atom. The lowest BCUT2D eigenvalue weighted by atomic mass is 10.1. The number of sulfone groups is 1. The maximum atomic E-state index is 12.4. The summed E-state index contributed by atoms with van der Waals surface area (Å²) in [7, 11) is -7.50. The fraction of sp³-hybridized carbons (Fsp3) is 0.294. The fourth-order valence-corrected chi connectivity index (χ4v) is 3.98. The molecule has 0 amide bonds. The Bertz CT molecular complexity index is 1020. The van der Waals surface area contributed by atoms with Crippen LogP contribution < -0.4 is 4.72 Å². The largest absolute Gasteiger partial charge is 0.411 e. The van der Waals surface area contributed by atoms with Crippen molar-refractivity contribution in [2.24, 2.45) is 0 Å². The predicted molar refractivity (Wildman–Crippen MR) is 95.7 cm³/mol. The van der Waals surface area contributed by atoms with Gasteiger partial charge in [-0.1, -0.05) is 30.3 Å². The minimum Gasteiger partial charge on any atom is -0.367 e. The maximum absolute atomic E-state index is 12.4. The van der Waals surface area contributed by atoms with Gasteiger partial charge in [0.2, 0.25) is 10.0 Å². The van der Waals surface area contributed by atoms with Crippen molar-refractivity contribution in [1.29, 1.82) is 0 Å². The van der Waals surface area contributed by atoms with Gasteiger partial charge in [0, 0.05) is 12.8 Å². The Kier molecular flexibility index (Phi) is 6.86. The van der Waals surface area contributed by atoms with Gasteiger partial charge in [0.15, 0.2) is 9.84 Å². The SMILES string of the molecule is CS(=O)(=O)c1cccc(S(=O)(=O)NCc2ccc(COCC(F)(F)F)cc2)c1. The van der Waals surface area contributed by atoms with Crippen LogP contribution in [0.3, 0.4) is 0 Å². The van der Waals surface area contributed by atoms with Crippen LogP contribution in [-0.2, 0) is 37.7 Å². The Morgan fingerprint density at radius 3 is 2.07 bits per heavy atom. The molecule has 2 aromatic rings. The van der Waals surface area contributed by atoms with E-state index in [9.17, 15) is 30.0 Å². The molecule has 1 N–H and O–H groups in total. The molecule has 0 saturated carbocycles. The van der Waals surface area contributed by atoms with Crippen molar-refractivity contribution in [3.05, 3.63) is 59.7 Å². The second-order valence-electron chi connectivity index (χ2n) is 6.00. The topological polar surface area (TPSA) is 89.5 Å². The van der Waals surface area contributed by atoms with E-state index in [-0.39, 0.29) is 22.9 Å². The highest BCUT2D eigenvalue weighted by molar-refractivity contribution is 7.91. The number of rotatable bonds is 8. The van der Waals surface area contributed by atoms with Gasteiger partial charge in [0.25, 0.3) is 0 Å². The number of hydrogen-bond donors (Lipinski definition) is 1. The van der Waals surface area contributed by atoms with E-state index < -0.39 is 32.6 Å². The molecule has 2 rings (SSSR count). The smallest absolute Gasteiger partial charge is 0.367 e. The molecular formula is C17H18F3NO5S2. The molecule has 0 bridgehead atoms. The number of benzene rings is 2. The Balaban J connectivity index is 1.99. The van der Waals surface area contributed by atoms with Crippen molar-refractivity contribution < 1.29 is 34.7 Å². The van der Waals surface area contributed by atoms with E-state index in [0.29, 0.717) is 11.1 Å². The van der Waals surface area contributed by atoms with Gasteiger partial charge in [-0.15, -0.1) is 0 Å². The molecule has 28 heavy (non-hydrogen) atoms. The minimum absolute atomic E-state index is 0.0743. The first-order chi connectivity index (χ1) is 12.9. The molecule has 6 nitrogen and oxygen atoms in total. The average molecular weight is 437 g/mol. The summed E-state index contributed by atoms with van der Waals surface area (Å²) in [5.41, 5.74) is 1.08. The van der Waals surface area contributed by atoms with Crippen LogP contribution in [0.5, 0.6) is 0 Å². The summed E-state index contributed by atoms with van der Waals surface area (Å²) in [6.07, 6.45) is -3.42. The Labute approximate surface area is 161 Å². The third kappa shape index (κ3) is 6.89. The van der Waals surface area contributed by atoms with E-state index in [0.717, 1.165) is 12.3 Å². The van der Waals surface area contributed by atoms with E-state index in [1.54, 1.807) is 12.1 Å². The lowest BCUT2D eigenvalue weighted by Gasteiger charge is -2.10. The average Bonchev–Trinajstić information content (AvgIpc) is 2.59. The zero-order valence-electron chi connectivity index (χ0n) is 14.7. The molecule has 0 aliphatic rings. The maximum Gasteiger partial charge on any atom is 0.411 e. The van der Waals surface area contributed by atoms with Crippen molar-refractivity contribution in [3.8, 4) is 0 Å². The van der Waals surface area contributed by atoms with Crippen LogP contribution in [0.2, 0.25) is 0 Å². The number of nitrogens with one attached hydrogen (secondary N) is 1. The first-order valence-corrected chi connectivity index (χ1v) is 11.3. The van der Waals surface area contributed by atoms with Crippen molar-refractivity contribution >= 4 is 19.9 Å². The minimum atomic E-state index is -4.40.